The van der Waals surface area contributed by atoms with Gasteiger partial charge >= 0.3 is 128 Å². The van der Waals surface area contributed by atoms with E-state index in [-0.39, 0.29) is 0 Å². The van der Waals surface area contributed by atoms with E-state index >= 15 is 0 Å². The van der Waals surface area contributed by atoms with Gasteiger partial charge in [-0.1, -0.05) is 0 Å². The summed E-state index contributed by atoms with van der Waals surface area (Å²) in [5, 5.41) is 2.84. The van der Waals surface area contributed by atoms with Crippen LogP contribution in [0.2, 0.25) is 10.5 Å². The van der Waals surface area contributed by atoms with Gasteiger partial charge in [-0.25, -0.2) is 0 Å². The van der Waals surface area contributed by atoms with Crippen LogP contribution in [0.5, 0.6) is 0 Å². The van der Waals surface area contributed by atoms with E-state index in [4.69, 9.17) is 7.53 Å². The first kappa shape index (κ1) is 19.0. The zero-order valence-electron chi connectivity index (χ0n) is 12.7. The molecule has 0 saturated carbocycles. The Balaban J connectivity index is 2.86. The fraction of sp³-hybridized carbons (Fsp3) is 1.00. The maximum atomic E-state index is 5.77. The molecule has 0 heterocycles. The van der Waals surface area contributed by atoms with Crippen molar-refractivity contribution in [3.05, 3.63) is 0 Å². The van der Waals surface area contributed by atoms with Gasteiger partial charge in [0.25, 0.3) is 0 Å². The third-order valence-corrected chi connectivity index (χ3v) is 8.84. The molecular weight excluding hydrogens is 345 g/mol. The van der Waals surface area contributed by atoms with Gasteiger partial charge in [0.2, 0.25) is 0 Å². The van der Waals surface area contributed by atoms with Crippen LogP contribution in [-0.2, 0) is 7.53 Å². The van der Waals surface area contributed by atoms with E-state index in [0.29, 0.717) is 0 Å². The third-order valence-electron chi connectivity index (χ3n) is 3.11. The minimum absolute atomic E-state index is 0.569. The number of hydrogen-bond acceptors (Lipinski definition) is 2. The van der Waals surface area contributed by atoms with Gasteiger partial charge in [0, 0.05) is 0 Å². The maximum absolute atomic E-state index is 5.77. The summed E-state index contributed by atoms with van der Waals surface area (Å²) >= 11 is -1.14. The van der Waals surface area contributed by atoms with Crippen molar-refractivity contribution in [1.29, 1.82) is 0 Å². The van der Waals surface area contributed by atoms with Crippen molar-refractivity contribution in [2.24, 2.45) is 0 Å². The van der Waals surface area contributed by atoms with Gasteiger partial charge < -0.3 is 0 Å². The van der Waals surface area contributed by atoms with Crippen LogP contribution in [0.25, 0.3) is 0 Å². The zero-order valence-corrected chi connectivity index (χ0v) is 18.7. The predicted octanol–water partition coefficient (Wildman–Crippen LogP) is 3.18. The number of hydrogen-bond donors (Lipinski definition) is 0. The molecule has 4 heteroatoms. The molecule has 0 fully saturated rings. The first-order valence-corrected chi connectivity index (χ1v) is 14.7. The van der Waals surface area contributed by atoms with Crippen molar-refractivity contribution in [2.45, 2.75) is 75.7 Å². The quantitative estimate of drug-likeness (QED) is 0.321. The van der Waals surface area contributed by atoms with Crippen molar-refractivity contribution >= 4 is 31.5 Å². The van der Waals surface area contributed by atoms with E-state index in [1.54, 1.807) is 0 Å². The van der Waals surface area contributed by atoms with E-state index in [1.807, 2.05) is 0 Å². The second-order valence-corrected chi connectivity index (χ2v) is 11.4. The van der Waals surface area contributed by atoms with Crippen LogP contribution < -0.4 is 0 Å². The molecule has 0 aromatic heterocycles. The van der Waals surface area contributed by atoms with Crippen LogP contribution in [0.1, 0.15) is 65.2 Å². The van der Waals surface area contributed by atoms with E-state index < -0.39 is 31.5 Å². The number of rotatable bonds is 15. The molecule has 0 spiro atoms. The van der Waals surface area contributed by atoms with E-state index in [0.717, 1.165) is 13.2 Å². The van der Waals surface area contributed by atoms with Crippen molar-refractivity contribution in [3.8, 4) is 0 Å². The molecule has 0 aromatic carbocycles. The summed E-state index contributed by atoms with van der Waals surface area (Å²) in [4.78, 5) is 0. The molecule has 0 rings (SSSR count). The van der Waals surface area contributed by atoms with Crippen molar-refractivity contribution in [3.63, 3.8) is 0 Å². The Kier molecular flexibility index (Phi) is 19.0. The van der Waals surface area contributed by atoms with Gasteiger partial charge in [-0.3, -0.25) is 0 Å². The van der Waals surface area contributed by atoms with Gasteiger partial charge in [0.15, 0.2) is 0 Å². The van der Waals surface area contributed by atoms with Crippen LogP contribution in [-0.4, -0.2) is 44.7 Å². The molecule has 0 aliphatic heterocycles. The molecule has 0 N–H and O–H groups in total. The first-order chi connectivity index (χ1) is 8.91. The predicted molar refractivity (Wildman–Crippen MR) is 86.9 cm³/mol. The molecule has 0 bridgehead atoms. The summed E-state index contributed by atoms with van der Waals surface area (Å²) in [6, 6.07) is 0. The second-order valence-electron chi connectivity index (χ2n) is 5.05. The van der Waals surface area contributed by atoms with Crippen LogP contribution in [0.4, 0.5) is 0 Å². The Hall–Kier alpha value is 1.01. The first-order valence-electron chi connectivity index (χ1n) is 8.07. The van der Waals surface area contributed by atoms with E-state index in [2.05, 4.69) is 13.8 Å². The molecule has 2 nitrogen and oxygen atoms in total. The summed E-state index contributed by atoms with van der Waals surface area (Å²) in [7, 11) is 0. The summed E-state index contributed by atoms with van der Waals surface area (Å²) in [6.45, 7) is 6.60. The van der Waals surface area contributed by atoms with E-state index in [1.165, 1.54) is 61.9 Å². The average molecular weight is 380 g/mol. The third kappa shape index (κ3) is 17.0. The van der Waals surface area contributed by atoms with E-state index in [9.17, 15) is 0 Å². The van der Waals surface area contributed by atoms with Gasteiger partial charge in [0.1, 0.15) is 0 Å². The fourth-order valence-electron chi connectivity index (χ4n) is 1.87. The van der Waals surface area contributed by atoms with Crippen molar-refractivity contribution < 1.29 is 7.53 Å². The standard InChI is InChI=1S/C14H34Ge2O2/c1-3-5-11-15-17-13-9-7-8-10-14-18-16-12-6-4-2/h3-16H2,1-2H3. The second kappa shape index (κ2) is 18.0. The van der Waals surface area contributed by atoms with Crippen molar-refractivity contribution in [2.75, 3.05) is 13.2 Å². The van der Waals surface area contributed by atoms with Gasteiger partial charge in [-0.2, -0.15) is 0 Å². The van der Waals surface area contributed by atoms with Crippen LogP contribution >= 0.6 is 0 Å². The Morgan fingerprint density at radius 3 is 1.44 bits per heavy atom. The molecule has 0 saturated heterocycles. The Morgan fingerprint density at radius 2 is 1.06 bits per heavy atom. The molecule has 0 aromatic rings. The molecule has 0 atom stereocenters. The van der Waals surface area contributed by atoms with Crippen molar-refractivity contribution in [1.82, 2.24) is 0 Å². The molecule has 0 radical (unpaired) electrons. The average Bonchev–Trinajstić information content (AvgIpc) is 2.39. The molecule has 18 heavy (non-hydrogen) atoms. The van der Waals surface area contributed by atoms with Crippen LogP contribution in [0.3, 0.4) is 0 Å². The Labute approximate surface area is 128 Å². The zero-order chi connectivity index (χ0) is 13.3. The van der Waals surface area contributed by atoms with Crippen LogP contribution in [0.15, 0.2) is 0 Å². The number of unbranched alkanes of at least 4 members (excludes halogenated alkanes) is 5. The Morgan fingerprint density at radius 1 is 0.611 bits per heavy atom. The molecule has 0 aliphatic carbocycles. The summed E-state index contributed by atoms with van der Waals surface area (Å²) < 4.78 is 11.5. The normalized spacial score (nSPS) is 12.3. The summed E-state index contributed by atoms with van der Waals surface area (Å²) in [6.07, 6.45) is 10.7. The SMILES string of the molecule is CCC[CH2][GeH2][O]CCCCCC[O][GeH2][CH2]CCC. The van der Waals surface area contributed by atoms with Gasteiger partial charge in [-0.05, 0) is 0 Å². The van der Waals surface area contributed by atoms with Gasteiger partial charge in [-0.15, -0.1) is 0 Å². The fourth-order valence-corrected chi connectivity index (χ4v) is 7.40. The molecule has 0 amide bonds. The van der Waals surface area contributed by atoms with Gasteiger partial charge in [0.05, 0.1) is 0 Å². The molecule has 0 unspecified atom stereocenters. The molecule has 0 aliphatic rings. The summed E-state index contributed by atoms with van der Waals surface area (Å²) in [5.41, 5.74) is 0. The summed E-state index contributed by atoms with van der Waals surface area (Å²) in [5.74, 6) is 0. The minimum atomic E-state index is -0.569. The Bertz CT molecular complexity index is 130. The van der Waals surface area contributed by atoms with Crippen LogP contribution in [0, 0.1) is 0 Å². The monoisotopic (exact) mass is 382 g/mol. The molecular formula is C14H34Ge2O2. The topological polar surface area (TPSA) is 18.5 Å². The molecule has 110 valence electrons.